The lowest BCUT2D eigenvalue weighted by Crippen LogP contribution is -2.64. The van der Waals surface area contributed by atoms with Crippen LogP contribution in [0.25, 0.3) is 17.0 Å². The predicted octanol–water partition coefficient (Wildman–Crippen LogP) is 10.3. The number of unbranched alkanes of at least 4 members (excludes halogenated alkanes) is 5. The number of amides is 1. The van der Waals surface area contributed by atoms with E-state index in [4.69, 9.17) is 42.6 Å². The third-order valence-electron chi connectivity index (χ3n) is 13.2. The van der Waals surface area contributed by atoms with Crippen LogP contribution in [-0.2, 0) is 35.5 Å². The van der Waals surface area contributed by atoms with Crippen molar-refractivity contribution >= 4 is 52.5 Å². The Balaban J connectivity index is 1.24. The van der Waals surface area contributed by atoms with Crippen molar-refractivity contribution in [1.29, 1.82) is 0 Å². The van der Waals surface area contributed by atoms with E-state index in [0.717, 1.165) is 32.1 Å². The van der Waals surface area contributed by atoms with E-state index in [1.807, 2.05) is 0 Å². The molecule has 0 radical (unpaired) electrons. The number of aromatic nitrogens is 1. The molecule has 2 heterocycles. The fraction of sp³-hybridized carbons (Fsp3) is 0.270. The number of phenols is 1. The number of rotatable bonds is 24. The second-order valence-electron chi connectivity index (χ2n) is 18.8. The monoisotopic (exact) mass is 1100 g/mol. The molecule has 7 aromatic rings. The summed E-state index contributed by atoms with van der Waals surface area (Å²) in [6, 6.07) is 39.7. The van der Waals surface area contributed by atoms with Gasteiger partial charge in [0.2, 0.25) is 29.8 Å². The van der Waals surface area contributed by atoms with Crippen LogP contribution in [0.1, 0.15) is 92.4 Å². The second-order valence-corrected chi connectivity index (χ2v) is 18.8. The Morgan fingerprint density at radius 2 is 1.12 bits per heavy atom. The van der Waals surface area contributed by atoms with Gasteiger partial charge in [-0.2, -0.15) is 0 Å². The van der Waals surface area contributed by atoms with E-state index < -0.39 is 72.7 Å². The number of phenolic OH excluding ortho intramolecular Hbond substituents is 1. The maximum atomic E-state index is 14.8. The summed E-state index contributed by atoms with van der Waals surface area (Å²) in [5.41, 5.74) is 0.771. The number of nitrogens with zero attached hydrogens (tertiary/aromatic N) is 1. The zero-order chi connectivity index (χ0) is 57.3. The minimum Gasteiger partial charge on any atom is -0.502 e. The first-order valence-electron chi connectivity index (χ1n) is 26.4. The van der Waals surface area contributed by atoms with Crippen molar-refractivity contribution in [3.63, 3.8) is 0 Å². The molecule has 81 heavy (non-hydrogen) atoms. The van der Waals surface area contributed by atoms with Gasteiger partial charge < -0.3 is 57.6 Å². The van der Waals surface area contributed by atoms with E-state index in [0.29, 0.717) is 12.0 Å². The van der Waals surface area contributed by atoms with E-state index in [9.17, 15) is 33.9 Å². The number of fused-ring (bicyclic) bond motifs is 1. The highest BCUT2D eigenvalue weighted by Gasteiger charge is 2.55. The average Bonchev–Trinajstić information content (AvgIpc) is 3.58. The summed E-state index contributed by atoms with van der Waals surface area (Å²) in [7, 11) is 4.29. The first kappa shape index (κ1) is 57.7. The van der Waals surface area contributed by atoms with Gasteiger partial charge >= 0.3 is 23.9 Å². The van der Waals surface area contributed by atoms with Crippen LogP contribution in [0.5, 0.6) is 28.7 Å². The van der Waals surface area contributed by atoms with E-state index in [-0.39, 0.29) is 74.2 Å². The smallest absolute Gasteiger partial charge is 0.338 e. The van der Waals surface area contributed by atoms with Gasteiger partial charge in [-0.15, -0.1) is 0 Å². The van der Waals surface area contributed by atoms with Gasteiger partial charge in [-0.25, -0.2) is 19.2 Å². The van der Waals surface area contributed by atoms with Crippen LogP contribution in [-0.4, -0.2) is 97.6 Å². The van der Waals surface area contributed by atoms with Gasteiger partial charge in [0.15, 0.2) is 29.5 Å². The predicted molar refractivity (Wildman–Crippen MR) is 300 cm³/mol. The Bertz CT molecular complexity index is 3360. The summed E-state index contributed by atoms with van der Waals surface area (Å²) in [6.45, 7) is 1.58. The standard InChI is InChI=1S/C63H62N2O16/c1-5-6-7-8-9-22-35-75-56-53(46-33-32-45(38-47(46)65(2)58(56)68)64-51(66)34-31-40-36-48(73-3)52(67)49(37-40)74-4)81-63-57(80-62(72)44-29-20-13-21-30-44)55(79-61(71)43-27-18-12-19-28-43)54(78-60(70)42-25-16-11-17-26-42)50(77-63)39-76-59(69)41-23-14-10-15-24-41/h10-21,23-34,36-38,50,54-55,57,63,67H,5-9,22,35,39H2,1-4H3,(H,64,66)/b34-31+/t50-,54+,55+,57-,63+/m1/s1. The molecule has 1 aliphatic rings. The van der Waals surface area contributed by atoms with Crippen LogP contribution in [0.2, 0.25) is 0 Å². The zero-order valence-corrected chi connectivity index (χ0v) is 45.2. The number of anilines is 1. The Labute approximate surface area is 467 Å². The third-order valence-corrected chi connectivity index (χ3v) is 13.2. The maximum absolute atomic E-state index is 14.8. The summed E-state index contributed by atoms with van der Waals surface area (Å²) in [5, 5.41) is 13.5. The summed E-state index contributed by atoms with van der Waals surface area (Å²) in [6.07, 6.45) is -0.417. The lowest BCUT2D eigenvalue weighted by molar-refractivity contribution is -0.275. The molecule has 6 aromatic carbocycles. The van der Waals surface area contributed by atoms with Crippen molar-refractivity contribution in [1.82, 2.24) is 4.57 Å². The number of carbonyl (C=O) groups is 5. The molecular formula is C63H62N2O16. The highest BCUT2D eigenvalue weighted by molar-refractivity contribution is 6.03. The number of pyridine rings is 1. The van der Waals surface area contributed by atoms with Gasteiger partial charge in [-0.05, 0) is 96.9 Å². The number of aryl methyl sites for hydroxylation is 1. The normalized spacial score (nSPS) is 16.7. The summed E-state index contributed by atoms with van der Waals surface area (Å²) >= 11 is 0. The first-order chi connectivity index (χ1) is 39.4. The molecule has 1 aliphatic heterocycles. The second kappa shape index (κ2) is 27.9. The molecule has 18 heteroatoms. The van der Waals surface area contributed by atoms with Gasteiger partial charge in [-0.1, -0.05) is 112 Å². The van der Waals surface area contributed by atoms with Gasteiger partial charge in [0, 0.05) is 24.2 Å². The maximum Gasteiger partial charge on any atom is 0.338 e. The number of carbonyl (C=O) groups excluding carboxylic acids is 5. The van der Waals surface area contributed by atoms with Crippen molar-refractivity contribution in [2.45, 2.75) is 76.2 Å². The topological polar surface area (TPSA) is 223 Å². The van der Waals surface area contributed by atoms with Gasteiger partial charge in [0.1, 0.15) is 12.7 Å². The summed E-state index contributed by atoms with van der Waals surface area (Å²) < 4.78 is 56.5. The molecule has 1 saturated heterocycles. The molecule has 1 amide bonds. The van der Waals surface area contributed by atoms with Crippen molar-refractivity contribution in [3.05, 3.63) is 196 Å². The van der Waals surface area contributed by atoms with Crippen molar-refractivity contribution in [2.75, 3.05) is 32.8 Å². The highest BCUT2D eigenvalue weighted by Crippen LogP contribution is 2.40. The molecule has 0 spiro atoms. The molecule has 0 bridgehead atoms. The molecule has 2 N–H and O–H groups in total. The molecule has 5 atom stereocenters. The number of hydrogen-bond acceptors (Lipinski definition) is 16. The van der Waals surface area contributed by atoms with Crippen molar-refractivity contribution in [3.8, 4) is 28.7 Å². The van der Waals surface area contributed by atoms with Crippen molar-refractivity contribution < 1.29 is 71.7 Å². The van der Waals surface area contributed by atoms with Crippen molar-refractivity contribution in [2.24, 2.45) is 7.05 Å². The van der Waals surface area contributed by atoms with Crippen LogP contribution in [0.15, 0.2) is 163 Å². The van der Waals surface area contributed by atoms with E-state index in [1.165, 1.54) is 86.5 Å². The van der Waals surface area contributed by atoms with E-state index in [1.54, 1.807) is 103 Å². The fourth-order valence-corrected chi connectivity index (χ4v) is 8.97. The quantitative estimate of drug-likeness (QED) is 0.0249. The number of methoxy groups -OCH3 is 2. The lowest BCUT2D eigenvalue weighted by Gasteiger charge is -2.44. The van der Waals surface area contributed by atoms with Crippen LogP contribution >= 0.6 is 0 Å². The third kappa shape index (κ3) is 14.6. The van der Waals surface area contributed by atoms with Gasteiger partial charge in [0.25, 0.3) is 5.56 Å². The number of ether oxygens (including phenoxy) is 9. The molecule has 18 nitrogen and oxygen atoms in total. The van der Waals surface area contributed by atoms with Gasteiger partial charge in [-0.3, -0.25) is 9.59 Å². The molecule has 0 saturated carbocycles. The van der Waals surface area contributed by atoms with Crippen LogP contribution in [0, 0.1) is 0 Å². The summed E-state index contributed by atoms with van der Waals surface area (Å²) in [5.74, 6) is -4.44. The first-order valence-corrected chi connectivity index (χ1v) is 26.4. The molecule has 0 aliphatic carbocycles. The fourth-order valence-electron chi connectivity index (χ4n) is 8.97. The Morgan fingerprint density at radius 1 is 0.617 bits per heavy atom. The van der Waals surface area contributed by atoms with Crippen LogP contribution in [0.3, 0.4) is 0 Å². The largest absolute Gasteiger partial charge is 0.502 e. The molecule has 0 unspecified atom stereocenters. The molecule has 8 rings (SSSR count). The Kier molecular flexibility index (Phi) is 19.9. The number of esters is 4. The minimum absolute atomic E-state index is 0.0788. The minimum atomic E-state index is -1.85. The number of hydrogen-bond donors (Lipinski definition) is 2. The Morgan fingerprint density at radius 3 is 1.67 bits per heavy atom. The van der Waals surface area contributed by atoms with E-state index >= 15 is 0 Å². The number of nitrogens with one attached hydrogen (secondary N) is 1. The van der Waals surface area contributed by atoms with Gasteiger partial charge in [0.05, 0.1) is 48.6 Å². The van der Waals surface area contributed by atoms with Crippen LogP contribution < -0.4 is 29.8 Å². The lowest BCUT2D eigenvalue weighted by atomic mass is 9.97. The molecular weight excluding hydrogens is 1040 g/mol. The molecule has 1 aromatic heterocycles. The number of aromatic hydroxyl groups is 1. The average molecular weight is 1100 g/mol. The highest BCUT2D eigenvalue weighted by atomic mass is 16.7. The Hall–Kier alpha value is -9.42. The zero-order valence-electron chi connectivity index (χ0n) is 45.2. The molecule has 420 valence electrons. The van der Waals surface area contributed by atoms with Crippen LogP contribution in [0.4, 0.5) is 5.69 Å². The van der Waals surface area contributed by atoms with E-state index in [2.05, 4.69) is 12.2 Å². The summed E-state index contributed by atoms with van der Waals surface area (Å²) in [4.78, 5) is 84.9. The SMILES string of the molecule is CCCCCCCCOc1c(O[C@@H]2O[C@H](COC(=O)c3ccccc3)[C@H](OC(=O)c3ccccc3)[C@H](OC(=O)c3ccccc3)[C@H]2OC(=O)c2ccccc2)c2ccc(NC(=O)/C=C/c3cc(OC)c(O)c(OC)c3)cc2n(C)c1=O. The molecule has 1 fully saturated rings. The number of benzene rings is 6.